The van der Waals surface area contributed by atoms with Crippen LogP contribution < -0.4 is 10.1 Å². The van der Waals surface area contributed by atoms with Gasteiger partial charge in [0.2, 0.25) is 0 Å². The Morgan fingerprint density at radius 1 is 1.40 bits per heavy atom. The van der Waals surface area contributed by atoms with E-state index < -0.39 is 6.10 Å². The van der Waals surface area contributed by atoms with E-state index in [-0.39, 0.29) is 6.61 Å². The molecular weight excluding hydrogens is 317 g/mol. The van der Waals surface area contributed by atoms with Crippen molar-refractivity contribution in [2.45, 2.75) is 25.5 Å². The maximum atomic E-state index is 9.91. The molecular formula is C14H21Cl2NO2S. The summed E-state index contributed by atoms with van der Waals surface area (Å²) in [6.07, 6.45) is 2.54. The Kier molecular flexibility index (Phi) is 8.73. The van der Waals surface area contributed by atoms with Crippen molar-refractivity contribution in [1.29, 1.82) is 0 Å². The molecule has 114 valence electrons. The maximum Gasteiger partial charge on any atom is 0.138 e. The highest BCUT2D eigenvalue weighted by atomic mass is 35.5. The molecule has 0 fully saturated rings. The van der Waals surface area contributed by atoms with Crippen LogP contribution in [0.4, 0.5) is 0 Å². The van der Waals surface area contributed by atoms with Crippen molar-refractivity contribution in [3.63, 3.8) is 0 Å². The van der Waals surface area contributed by atoms with Crippen molar-refractivity contribution < 1.29 is 9.84 Å². The summed E-state index contributed by atoms with van der Waals surface area (Å²) in [5.41, 5.74) is 0. The van der Waals surface area contributed by atoms with Gasteiger partial charge >= 0.3 is 0 Å². The Labute approximate surface area is 135 Å². The second kappa shape index (κ2) is 9.74. The van der Waals surface area contributed by atoms with Crippen LogP contribution in [0.2, 0.25) is 10.0 Å². The molecule has 0 radical (unpaired) electrons. The van der Waals surface area contributed by atoms with Crippen LogP contribution >= 0.6 is 35.0 Å². The third-order valence-electron chi connectivity index (χ3n) is 2.83. The van der Waals surface area contributed by atoms with Gasteiger partial charge in [-0.1, -0.05) is 30.1 Å². The lowest BCUT2D eigenvalue weighted by atomic mass is 10.2. The van der Waals surface area contributed by atoms with Gasteiger partial charge in [0.05, 0.1) is 5.02 Å². The zero-order chi connectivity index (χ0) is 15.0. The fourth-order valence-electron chi connectivity index (χ4n) is 1.66. The fourth-order valence-corrected chi connectivity index (χ4v) is 2.88. The van der Waals surface area contributed by atoms with Crippen molar-refractivity contribution in [2.75, 3.05) is 25.2 Å². The predicted octanol–water partition coefficient (Wildman–Crippen LogP) is 3.46. The van der Waals surface area contributed by atoms with E-state index in [1.165, 1.54) is 0 Å². The summed E-state index contributed by atoms with van der Waals surface area (Å²) in [5.74, 6) is 1.57. The van der Waals surface area contributed by atoms with E-state index in [0.29, 0.717) is 28.4 Å². The van der Waals surface area contributed by atoms with E-state index in [9.17, 15) is 5.11 Å². The quantitative estimate of drug-likeness (QED) is 0.724. The monoisotopic (exact) mass is 337 g/mol. The average Bonchev–Trinajstić information content (AvgIpc) is 2.42. The largest absolute Gasteiger partial charge is 0.489 e. The molecule has 0 spiro atoms. The third-order valence-corrected chi connectivity index (χ3v) is 4.09. The van der Waals surface area contributed by atoms with E-state index in [2.05, 4.69) is 18.5 Å². The molecule has 2 unspecified atom stereocenters. The van der Waals surface area contributed by atoms with Crippen LogP contribution in [-0.2, 0) is 0 Å². The molecule has 0 bridgehead atoms. The molecule has 0 aliphatic rings. The van der Waals surface area contributed by atoms with E-state index in [1.54, 1.807) is 30.0 Å². The number of aliphatic hydroxyl groups excluding tert-OH is 1. The number of hydrogen-bond acceptors (Lipinski definition) is 4. The molecule has 20 heavy (non-hydrogen) atoms. The van der Waals surface area contributed by atoms with Crippen molar-refractivity contribution in [2.24, 2.45) is 0 Å². The highest BCUT2D eigenvalue weighted by Crippen LogP contribution is 2.27. The van der Waals surface area contributed by atoms with Crippen LogP contribution in [0.5, 0.6) is 5.75 Å². The minimum Gasteiger partial charge on any atom is -0.489 e. The first kappa shape index (κ1) is 17.9. The molecule has 2 atom stereocenters. The number of benzene rings is 1. The lowest BCUT2D eigenvalue weighted by Gasteiger charge is -2.19. The molecule has 0 heterocycles. The highest BCUT2D eigenvalue weighted by Gasteiger charge is 2.11. The SMILES string of the molecule is CCC(CSC)NCC(O)COc1ccc(Cl)cc1Cl. The number of hydrogen-bond donors (Lipinski definition) is 2. The number of rotatable bonds is 9. The average molecular weight is 338 g/mol. The molecule has 0 amide bonds. The van der Waals surface area contributed by atoms with Gasteiger partial charge in [-0.3, -0.25) is 0 Å². The summed E-state index contributed by atoms with van der Waals surface area (Å²) in [5, 5.41) is 14.2. The predicted molar refractivity (Wildman–Crippen MR) is 88.4 cm³/mol. The topological polar surface area (TPSA) is 41.5 Å². The van der Waals surface area contributed by atoms with Crippen molar-refractivity contribution in [3.05, 3.63) is 28.2 Å². The van der Waals surface area contributed by atoms with Crippen LogP contribution in [-0.4, -0.2) is 42.4 Å². The first-order valence-electron chi connectivity index (χ1n) is 6.55. The van der Waals surface area contributed by atoms with E-state index in [0.717, 1.165) is 12.2 Å². The van der Waals surface area contributed by atoms with Crippen LogP contribution in [0.25, 0.3) is 0 Å². The van der Waals surface area contributed by atoms with Gasteiger partial charge in [0.1, 0.15) is 18.5 Å². The number of ether oxygens (including phenoxy) is 1. The maximum absolute atomic E-state index is 9.91. The fraction of sp³-hybridized carbons (Fsp3) is 0.571. The Morgan fingerprint density at radius 2 is 2.15 bits per heavy atom. The second-order valence-electron chi connectivity index (χ2n) is 4.51. The van der Waals surface area contributed by atoms with Gasteiger partial charge in [-0.05, 0) is 30.9 Å². The second-order valence-corrected chi connectivity index (χ2v) is 6.26. The molecule has 0 saturated carbocycles. The summed E-state index contributed by atoms with van der Waals surface area (Å²) in [6.45, 7) is 2.83. The lowest BCUT2D eigenvalue weighted by Crippen LogP contribution is -2.39. The molecule has 1 aromatic rings. The Bertz CT molecular complexity index is 407. The third kappa shape index (κ3) is 6.55. The van der Waals surface area contributed by atoms with Gasteiger partial charge in [0, 0.05) is 23.4 Å². The smallest absolute Gasteiger partial charge is 0.138 e. The van der Waals surface area contributed by atoms with Gasteiger partial charge < -0.3 is 15.2 Å². The van der Waals surface area contributed by atoms with Crippen LogP contribution in [0.3, 0.4) is 0 Å². The summed E-state index contributed by atoms with van der Waals surface area (Å²) in [6, 6.07) is 5.44. The first-order valence-corrected chi connectivity index (χ1v) is 8.70. The molecule has 0 aromatic heterocycles. The van der Waals surface area contributed by atoms with Gasteiger partial charge in [0.15, 0.2) is 0 Å². The highest BCUT2D eigenvalue weighted by molar-refractivity contribution is 7.98. The van der Waals surface area contributed by atoms with Crippen LogP contribution in [0.15, 0.2) is 18.2 Å². The Balaban J connectivity index is 2.33. The van der Waals surface area contributed by atoms with Crippen molar-refractivity contribution >= 4 is 35.0 Å². The van der Waals surface area contributed by atoms with E-state index in [1.807, 2.05) is 0 Å². The molecule has 1 rings (SSSR count). The van der Waals surface area contributed by atoms with Gasteiger partial charge in [-0.15, -0.1) is 0 Å². The van der Waals surface area contributed by atoms with Crippen molar-refractivity contribution in [3.8, 4) is 5.75 Å². The van der Waals surface area contributed by atoms with Gasteiger partial charge in [0.25, 0.3) is 0 Å². The van der Waals surface area contributed by atoms with Crippen LogP contribution in [0.1, 0.15) is 13.3 Å². The Morgan fingerprint density at radius 3 is 2.75 bits per heavy atom. The summed E-state index contributed by atoms with van der Waals surface area (Å²) >= 11 is 13.6. The summed E-state index contributed by atoms with van der Waals surface area (Å²) in [7, 11) is 0. The number of thioether (sulfide) groups is 1. The number of aliphatic hydroxyl groups is 1. The number of nitrogens with one attached hydrogen (secondary N) is 1. The molecule has 1 aromatic carbocycles. The van der Waals surface area contributed by atoms with E-state index in [4.69, 9.17) is 27.9 Å². The van der Waals surface area contributed by atoms with E-state index >= 15 is 0 Å². The van der Waals surface area contributed by atoms with Crippen molar-refractivity contribution in [1.82, 2.24) is 5.32 Å². The summed E-state index contributed by atoms with van der Waals surface area (Å²) in [4.78, 5) is 0. The molecule has 2 N–H and O–H groups in total. The minimum atomic E-state index is -0.572. The number of halogens is 2. The zero-order valence-corrected chi connectivity index (χ0v) is 14.1. The minimum absolute atomic E-state index is 0.198. The molecule has 0 saturated heterocycles. The zero-order valence-electron chi connectivity index (χ0n) is 11.7. The van der Waals surface area contributed by atoms with Crippen LogP contribution in [0, 0.1) is 0 Å². The lowest BCUT2D eigenvalue weighted by molar-refractivity contribution is 0.104. The van der Waals surface area contributed by atoms with Gasteiger partial charge in [-0.25, -0.2) is 0 Å². The Hall–Kier alpha value is -0.130. The standard InChI is InChI=1S/C14H21Cl2NO2S/c1-3-11(9-20-2)17-7-12(18)8-19-14-5-4-10(15)6-13(14)16/h4-6,11-12,17-18H,3,7-9H2,1-2H3. The van der Waals surface area contributed by atoms with Gasteiger partial charge in [-0.2, -0.15) is 11.8 Å². The molecule has 0 aliphatic carbocycles. The molecule has 0 aliphatic heterocycles. The summed E-state index contributed by atoms with van der Waals surface area (Å²) < 4.78 is 5.49. The first-order chi connectivity index (χ1) is 9.56. The normalized spacial score (nSPS) is 14.1. The molecule has 3 nitrogen and oxygen atoms in total. The molecule has 6 heteroatoms.